The Morgan fingerprint density at radius 2 is 2.32 bits per heavy atom. The van der Waals surface area contributed by atoms with Gasteiger partial charge in [-0.25, -0.2) is 4.98 Å². The first-order valence-corrected chi connectivity index (χ1v) is 7.39. The molecular weight excluding hydrogens is 280 g/mol. The van der Waals surface area contributed by atoms with Crippen LogP contribution >= 0.6 is 23.1 Å². The molecule has 0 saturated heterocycles. The van der Waals surface area contributed by atoms with Crippen molar-refractivity contribution in [1.82, 2.24) is 15.0 Å². The smallest absolute Gasteiger partial charge is 0.268 e. The summed E-state index contributed by atoms with van der Waals surface area (Å²) >= 11 is 2.92. The normalized spacial score (nSPS) is 10.9. The molecule has 7 heteroatoms. The Kier molecular flexibility index (Phi) is 3.22. The van der Waals surface area contributed by atoms with E-state index in [2.05, 4.69) is 15.0 Å². The third-order valence-corrected chi connectivity index (χ3v) is 4.54. The number of nitrogens with two attached hydrogens (primary N) is 1. The molecule has 0 unspecified atom stereocenters. The number of thioether (sulfide) groups is 1. The van der Waals surface area contributed by atoms with Crippen LogP contribution in [0.15, 0.2) is 39.6 Å². The molecule has 5 nitrogen and oxygen atoms in total. The predicted molar refractivity (Wildman–Crippen MR) is 78.5 cm³/mol. The van der Waals surface area contributed by atoms with Gasteiger partial charge in [-0.15, -0.1) is 23.1 Å². The number of H-pyrrole nitrogens is 1. The molecule has 0 atom stereocenters. The highest BCUT2D eigenvalue weighted by atomic mass is 32.2. The molecule has 0 saturated carbocycles. The molecule has 19 heavy (non-hydrogen) atoms. The molecular formula is C12H10N4OS2. The van der Waals surface area contributed by atoms with E-state index in [4.69, 9.17) is 5.73 Å². The zero-order chi connectivity index (χ0) is 13.2. The largest absolute Gasteiger partial charge is 0.397 e. The van der Waals surface area contributed by atoms with Crippen LogP contribution in [0.25, 0.3) is 10.2 Å². The monoisotopic (exact) mass is 290 g/mol. The van der Waals surface area contributed by atoms with Crippen molar-refractivity contribution in [3.8, 4) is 0 Å². The summed E-state index contributed by atoms with van der Waals surface area (Å²) in [5, 5.41) is 1.87. The molecule has 0 bridgehead atoms. The van der Waals surface area contributed by atoms with Crippen molar-refractivity contribution in [1.29, 1.82) is 0 Å². The molecule has 0 aliphatic carbocycles. The fourth-order valence-corrected chi connectivity index (χ4v) is 3.19. The molecule has 0 spiro atoms. The Hall–Kier alpha value is -1.86. The van der Waals surface area contributed by atoms with Gasteiger partial charge in [0.05, 0.1) is 23.2 Å². The second-order valence-corrected chi connectivity index (χ2v) is 5.78. The summed E-state index contributed by atoms with van der Waals surface area (Å²) in [6.45, 7) is 0. The lowest BCUT2D eigenvalue weighted by Gasteiger charge is -2.04. The van der Waals surface area contributed by atoms with Crippen LogP contribution in [-0.2, 0) is 5.75 Å². The van der Waals surface area contributed by atoms with Crippen molar-refractivity contribution in [3.63, 3.8) is 0 Å². The maximum absolute atomic E-state index is 11.8. The maximum atomic E-state index is 11.8. The minimum absolute atomic E-state index is 0.0849. The number of aromatic nitrogens is 3. The van der Waals surface area contributed by atoms with Gasteiger partial charge >= 0.3 is 0 Å². The average Bonchev–Trinajstić information content (AvgIpc) is 2.87. The first-order chi connectivity index (χ1) is 9.24. The quantitative estimate of drug-likeness (QED) is 0.723. The van der Waals surface area contributed by atoms with Gasteiger partial charge in [-0.05, 0) is 17.5 Å². The van der Waals surface area contributed by atoms with Gasteiger partial charge < -0.3 is 10.7 Å². The standard InChI is InChI=1S/C12H10N4OS2/c13-7-5-14-3-1-9(7)19-6-10-15-8-2-4-18-11(8)12(17)16-10/h1-5H,6,13H2,(H,15,16,17). The maximum Gasteiger partial charge on any atom is 0.268 e. The Labute approximate surface area is 116 Å². The van der Waals surface area contributed by atoms with Crippen LogP contribution in [0.3, 0.4) is 0 Å². The van der Waals surface area contributed by atoms with Gasteiger partial charge in [-0.2, -0.15) is 0 Å². The number of nitrogens with zero attached hydrogens (tertiary/aromatic N) is 2. The molecule has 0 aromatic carbocycles. The Morgan fingerprint density at radius 1 is 1.42 bits per heavy atom. The van der Waals surface area contributed by atoms with Gasteiger partial charge in [0.2, 0.25) is 0 Å². The van der Waals surface area contributed by atoms with Crippen molar-refractivity contribution in [2.45, 2.75) is 10.6 Å². The minimum atomic E-state index is -0.0849. The molecule has 0 fully saturated rings. The fraction of sp³-hybridized carbons (Fsp3) is 0.0833. The minimum Gasteiger partial charge on any atom is -0.397 e. The van der Waals surface area contributed by atoms with E-state index in [-0.39, 0.29) is 5.56 Å². The number of thiophene rings is 1. The Bertz CT molecular complexity index is 780. The lowest BCUT2D eigenvalue weighted by Crippen LogP contribution is -2.09. The third-order valence-electron chi connectivity index (χ3n) is 2.54. The summed E-state index contributed by atoms with van der Waals surface area (Å²) in [5.74, 6) is 1.21. The van der Waals surface area contributed by atoms with Crippen LogP contribution < -0.4 is 11.3 Å². The molecule has 0 amide bonds. The highest BCUT2D eigenvalue weighted by Gasteiger charge is 2.06. The van der Waals surface area contributed by atoms with E-state index in [0.717, 1.165) is 10.4 Å². The SMILES string of the molecule is Nc1cnccc1SCc1nc2ccsc2c(=O)[nH]1. The van der Waals surface area contributed by atoms with Gasteiger partial charge in [-0.3, -0.25) is 9.78 Å². The summed E-state index contributed by atoms with van der Waals surface area (Å²) < 4.78 is 0.664. The van der Waals surface area contributed by atoms with Crippen LogP contribution in [-0.4, -0.2) is 15.0 Å². The molecule has 3 N–H and O–H groups in total. The van der Waals surface area contributed by atoms with Crippen molar-refractivity contribution < 1.29 is 0 Å². The summed E-state index contributed by atoms with van der Waals surface area (Å²) in [4.78, 5) is 23.9. The van der Waals surface area contributed by atoms with Gasteiger partial charge in [-0.1, -0.05) is 0 Å². The van der Waals surface area contributed by atoms with E-state index in [1.807, 2.05) is 17.5 Å². The van der Waals surface area contributed by atoms with Crippen LogP contribution in [0.5, 0.6) is 0 Å². The zero-order valence-electron chi connectivity index (χ0n) is 9.79. The highest BCUT2D eigenvalue weighted by molar-refractivity contribution is 7.98. The molecule has 3 rings (SSSR count). The van der Waals surface area contributed by atoms with E-state index >= 15 is 0 Å². The Balaban J connectivity index is 1.86. The number of nitrogens with one attached hydrogen (secondary N) is 1. The molecule has 0 aliphatic heterocycles. The number of hydrogen-bond donors (Lipinski definition) is 2. The number of aromatic amines is 1. The number of rotatable bonds is 3. The van der Waals surface area contributed by atoms with Crippen LogP contribution in [0, 0.1) is 0 Å². The lowest BCUT2D eigenvalue weighted by molar-refractivity contribution is 1.04. The summed E-state index contributed by atoms with van der Waals surface area (Å²) in [6.07, 6.45) is 3.30. The topological polar surface area (TPSA) is 84.7 Å². The summed E-state index contributed by atoms with van der Waals surface area (Å²) in [6, 6.07) is 3.70. The van der Waals surface area contributed by atoms with Crippen molar-refractivity contribution in [2.24, 2.45) is 0 Å². The molecule has 96 valence electrons. The van der Waals surface area contributed by atoms with Crippen molar-refractivity contribution in [2.75, 3.05) is 5.73 Å². The van der Waals surface area contributed by atoms with Crippen molar-refractivity contribution in [3.05, 3.63) is 46.1 Å². The van der Waals surface area contributed by atoms with E-state index in [9.17, 15) is 4.79 Å². The number of pyridine rings is 1. The van der Waals surface area contributed by atoms with E-state index in [0.29, 0.717) is 22.0 Å². The number of hydrogen-bond acceptors (Lipinski definition) is 6. The summed E-state index contributed by atoms with van der Waals surface area (Å²) in [5.41, 5.74) is 7.10. The second-order valence-electron chi connectivity index (χ2n) is 3.85. The number of nitrogen functional groups attached to an aromatic ring is 1. The van der Waals surface area contributed by atoms with Gasteiger partial charge in [0.1, 0.15) is 10.5 Å². The predicted octanol–water partition coefficient (Wildman–Crippen LogP) is 2.25. The number of anilines is 1. The Morgan fingerprint density at radius 3 is 3.16 bits per heavy atom. The highest BCUT2D eigenvalue weighted by Crippen LogP contribution is 2.26. The fourth-order valence-electron chi connectivity index (χ4n) is 1.66. The van der Waals surface area contributed by atoms with E-state index < -0.39 is 0 Å². The molecule has 3 aromatic rings. The average molecular weight is 290 g/mol. The van der Waals surface area contributed by atoms with Crippen LogP contribution in [0.1, 0.15) is 5.82 Å². The van der Waals surface area contributed by atoms with Crippen LogP contribution in [0.4, 0.5) is 5.69 Å². The summed E-state index contributed by atoms with van der Waals surface area (Å²) in [7, 11) is 0. The lowest BCUT2D eigenvalue weighted by atomic mass is 10.4. The van der Waals surface area contributed by atoms with Gasteiger partial charge in [0, 0.05) is 11.1 Å². The first kappa shape index (κ1) is 12.2. The van der Waals surface area contributed by atoms with E-state index in [1.54, 1.807) is 12.4 Å². The zero-order valence-corrected chi connectivity index (χ0v) is 11.4. The van der Waals surface area contributed by atoms with Crippen LogP contribution in [0.2, 0.25) is 0 Å². The molecule has 0 aliphatic rings. The first-order valence-electron chi connectivity index (χ1n) is 5.53. The van der Waals surface area contributed by atoms with Crippen molar-refractivity contribution >= 4 is 39.0 Å². The third kappa shape index (κ3) is 2.47. The molecule has 3 heterocycles. The molecule has 0 radical (unpaired) electrons. The number of fused-ring (bicyclic) bond motifs is 1. The van der Waals surface area contributed by atoms with E-state index in [1.165, 1.54) is 23.1 Å². The van der Waals surface area contributed by atoms with Gasteiger partial charge in [0.15, 0.2) is 0 Å². The van der Waals surface area contributed by atoms with Gasteiger partial charge in [0.25, 0.3) is 5.56 Å². The second kappa shape index (κ2) is 5.02. The molecule has 3 aromatic heterocycles.